The molecule has 0 saturated heterocycles. The van der Waals surface area contributed by atoms with Crippen LogP contribution in [0.25, 0.3) is 0 Å². The minimum Gasteiger partial charge on any atom is -0.349 e. The predicted octanol–water partition coefficient (Wildman–Crippen LogP) is 2.74. The first-order valence-electron chi connectivity index (χ1n) is 5.19. The summed E-state index contributed by atoms with van der Waals surface area (Å²) in [6.45, 7) is 1.64. The Morgan fingerprint density at radius 1 is 1.39 bits per heavy atom. The minimum absolute atomic E-state index is 0.132. The van der Waals surface area contributed by atoms with Crippen LogP contribution < -0.4 is 5.32 Å². The molecule has 3 nitrogen and oxygen atoms in total. The maximum atomic E-state index is 12.3. The van der Waals surface area contributed by atoms with Crippen molar-refractivity contribution in [3.05, 3.63) is 35.4 Å². The summed E-state index contributed by atoms with van der Waals surface area (Å²) in [6.07, 6.45) is -4.27. The van der Waals surface area contributed by atoms with Crippen LogP contribution in [0.1, 0.15) is 29.3 Å². The summed E-state index contributed by atoms with van der Waals surface area (Å²) in [6, 6.07) is 5.47. The molecule has 0 aliphatic heterocycles. The largest absolute Gasteiger partial charge is 0.416 e. The number of nitriles is 1. The van der Waals surface area contributed by atoms with Crippen molar-refractivity contribution in [2.45, 2.75) is 25.6 Å². The first-order chi connectivity index (χ1) is 8.34. The summed E-state index contributed by atoms with van der Waals surface area (Å²) in [5.74, 6) is -0.494. The highest BCUT2D eigenvalue weighted by Gasteiger charge is 2.30. The van der Waals surface area contributed by atoms with Gasteiger partial charge in [0.15, 0.2) is 0 Å². The van der Waals surface area contributed by atoms with E-state index in [-0.39, 0.29) is 18.0 Å². The third kappa shape index (κ3) is 3.77. The molecule has 1 atom stereocenters. The Morgan fingerprint density at radius 3 is 2.39 bits per heavy atom. The summed E-state index contributed by atoms with van der Waals surface area (Å²) in [5, 5.41) is 10.9. The predicted molar refractivity (Wildman–Crippen MR) is 58.6 cm³/mol. The second-order valence-electron chi connectivity index (χ2n) is 3.81. The number of hydrogen-bond acceptors (Lipinski definition) is 2. The Hall–Kier alpha value is -2.03. The summed E-state index contributed by atoms with van der Waals surface area (Å²) in [7, 11) is 0. The molecule has 1 aromatic rings. The topological polar surface area (TPSA) is 52.9 Å². The number of halogens is 3. The van der Waals surface area contributed by atoms with Gasteiger partial charge < -0.3 is 5.32 Å². The van der Waals surface area contributed by atoms with Gasteiger partial charge in [0.05, 0.1) is 18.1 Å². The number of nitrogens with zero attached hydrogens (tertiary/aromatic N) is 1. The molecule has 0 aliphatic carbocycles. The van der Waals surface area contributed by atoms with Crippen LogP contribution in [0.2, 0.25) is 0 Å². The molecule has 1 amide bonds. The summed E-state index contributed by atoms with van der Waals surface area (Å²) in [5.41, 5.74) is -0.670. The molecular formula is C12H11F3N2O. The van der Waals surface area contributed by atoms with Gasteiger partial charge in [-0.1, -0.05) is 0 Å². The Balaban J connectivity index is 2.74. The van der Waals surface area contributed by atoms with Crippen LogP contribution in [0.3, 0.4) is 0 Å². The van der Waals surface area contributed by atoms with E-state index in [2.05, 4.69) is 5.32 Å². The van der Waals surface area contributed by atoms with Gasteiger partial charge in [0.2, 0.25) is 0 Å². The zero-order valence-electron chi connectivity index (χ0n) is 9.58. The van der Waals surface area contributed by atoms with Crippen molar-refractivity contribution in [3.63, 3.8) is 0 Å². The van der Waals surface area contributed by atoms with Crippen molar-refractivity contribution in [1.29, 1.82) is 5.26 Å². The van der Waals surface area contributed by atoms with Crippen LogP contribution in [0, 0.1) is 11.3 Å². The number of amides is 1. The summed E-state index contributed by atoms with van der Waals surface area (Å²) < 4.78 is 36.9. The molecule has 18 heavy (non-hydrogen) atoms. The van der Waals surface area contributed by atoms with E-state index in [0.29, 0.717) is 0 Å². The molecule has 1 N–H and O–H groups in total. The monoisotopic (exact) mass is 256 g/mol. The standard InChI is InChI=1S/C12H11F3N2O/c1-8(6-7-16)17-11(18)9-2-4-10(5-3-9)12(13,14)15/h2-5,8H,6H2,1H3,(H,17,18). The lowest BCUT2D eigenvalue weighted by atomic mass is 10.1. The Labute approximate surface area is 102 Å². The van der Waals surface area contributed by atoms with Crippen LogP contribution in [0.15, 0.2) is 24.3 Å². The van der Waals surface area contributed by atoms with Crippen LogP contribution in [0.5, 0.6) is 0 Å². The van der Waals surface area contributed by atoms with Gasteiger partial charge in [-0.15, -0.1) is 0 Å². The lowest BCUT2D eigenvalue weighted by Crippen LogP contribution is -2.32. The van der Waals surface area contributed by atoms with Gasteiger partial charge in [0.25, 0.3) is 5.91 Å². The number of nitrogens with one attached hydrogen (secondary N) is 1. The molecule has 0 bridgehead atoms. The fourth-order valence-corrected chi connectivity index (χ4v) is 1.31. The smallest absolute Gasteiger partial charge is 0.349 e. The van der Waals surface area contributed by atoms with Gasteiger partial charge in [-0.25, -0.2) is 0 Å². The molecule has 0 fully saturated rings. The molecule has 1 rings (SSSR count). The van der Waals surface area contributed by atoms with E-state index in [9.17, 15) is 18.0 Å². The molecule has 0 heterocycles. The number of carbonyl (C=O) groups excluding carboxylic acids is 1. The van der Waals surface area contributed by atoms with E-state index in [1.165, 1.54) is 0 Å². The van der Waals surface area contributed by atoms with Gasteiger partial charge in [-0.3, -0.25) is 4.79 Å². The third-order valence-electron chi connectivity index (χ3n) is 2.25. The van der Waals surface area contributed by atoms with Crippen molar-refractivity contribution in [2.24, 2.45) is 0 Å². The first kappa shape index (κ1) is 14.0. The van der Waals surface area contributed by atoms with Crippen LogP contribution >= 0.6 is 0 Å². The molecule has 0 spiro atoms. The SMILES string of the molecule is CC(CC#N)NC(=O)c1ccc(C(F)(F)F)cc1. The maximum Gasteiger partial charge on any atom is 0.416 e. The van der Waals surface area contributed by atoms with E-state index >= 15 is 0 Å². The fraction of sp³-hybridized carbons (Fsp3) is 0.333. The van der Waals surface area contributed by atoms with Crippen molar-refractivity contribution in [3.8, 4) is 6.07 Å². The fourth-order valence-electron chi connectivity index (χ4n) is 1.31. The van der Waals surface area contributed by atoms with Gasteiger partial charge in [0, 0.05) is 11.6 Å². The molecule has 0 aromatic heterocycles. The lowest BCUT2D eigenvalue weighted by Gasteiger charge is -2.11. The van der Waals surface area contributed by atoms with E-state index in [0.717, 1.165) is 24.3 Å². The van der Waals surface area contributed by atoms with E-state index in [1.807, 2.05) is 6.07 Å². The highest BCUT2D eigenvalue weighted by molar-refractivity contribution is 5.94. The molecule has 0 radical (unpaired) electrons. The van der Waals surface area contributed by atoms with Crippen molar-refractivity contribution in [2.75, 3.05) is 0 Å². The van der Waals surface area contributed by atoms with Gasteiger partial charge in [-0.2, -0.15) is 18.4 Å². The number of alkyl halides is 3. The van der Waals surface area contributed by atoms with Crippen molar-refractivity contribution < 1.29 is 18.0 Å². The lowest BCUT2D eigenvalue weighted by molar-refractivity contribution is -0.137. The van der Waals surface area contributed by atoms with E-state index in [1.54, 1.807) is 6.92 Å². The average molecular weight is 256 g/mol. The second-order valence-corrected chi connectivity index (χ2v) is 3.81. The number of benzene rings is 1. The van der Waals surface area contributed by atoms with Gasteiger partial charge in [0.1, 0.15) is 0 Å². The summed E-state index contributed by atoms with van der Waals surface area (Å²) >= 11 is 0. The van der Waals surface area contributed by atoms with Crippen LogP contribution in [0.4, 0.5) is 13.2 Å². The molecule has 1 aromatic carbocycles. The molecule has 6 heteroatoms. The molecule has 1 unspecified atom stereocenters. The highest BCUT2D eigenvalue weighted by Crippen LogP contribution is 2.29. The Morgan fingerprint density at radius 2 is 1.94 bits per heavy atom. The van der Waals surface area contributed by atoms with Crippen molar-refractivity contribution in [1.82, 2.24) is 5.32 Å². The Kier molecular flexibility index (Phi) is 4.32. The van der Waals surface area contributed by atoms with Gasteiger partial charge in [-0.05, 0) is 31.2 Å². The zero-order valence-corrected chi connectivity index (χ0v) is 9.58. The molecule has 0 aliphatic rings. The van der Waals surface area contributed by atoms with Gasteiger partial charge >= 0.3 is 6.18 Å². The van der Waals surface area contributed by atoms with E-state index < -0.39 is 17.6 Å². The molecule has 0 saturated carbocycles. The second kappa shape index (κ2) is 5.54. The number of rotatable bonds is 3. The molecular weight excluding hydrogens is 245 g/mol. The highest BCUT2D eigenvalue weighted by atomic mass is 19.4. The van der Waals surface area contributed by atoms with Crippen LogP contribution in [-0.2, 0) is 6.18 Å². The number of carbonyl (C=O) groups is 1. The third-order valence-corrected chi connectivity index (χ3v) is 2.25. The van der Waals surface area contributed by atoms with Crippen molar-refractivity contribution >= 4 is 5.91 Å². The quantitative estimate of drug-likeness (QED) is 0.904. The van der Waals surface area contributed by atoms with Crippen LogP contribution in [-0.4, -0.2) is 11.9 Å². The normalized spacial score (nSPS) is 12.6. The zero-order chi connectivity index (χ0) is 13.8. The van der Waals surface area contributed by atoms with E-state index in [4.69, 9.17) is 5.26 Å². The maximum absolute atomic E-state index is 12.3. The Bertz CT molecular complexity index is 460. The average Bonchev–Trinajstić information content (AvgIpc) is 2.28. The number of hydrogen-bond donors (Lipinski definition) is 1. The minimum atomic E-state index is -4.41. The molecule has 96 valence electrons. The summed E-state index contributed by atoms with van der Waals surface area (Å²) in [4.78, 5) is 11.6. The first-order valence-corrected chi connectivity index (χ1v) is 5.19.